The van der Waals surface area contributed by atoms with Crippen LogP contribution in [-0.4, -0.2) is 20.7 Å². The van der Waals surface area contributed by atoms with E-state index in [0.717, 1.165) is 12.0 Å². The third-order valence-corrected chi connectivity index (χ3v) is 3.56. The molecular weight excluding hydrogens is 264 g/mol. The van der Waals surface area contributed by atoms with E-state index in [1.54, 1.807) is 30.3 Å². The molecule has 1 fully saturated rings. The Bertz CT molecular complexity index is 610. The lowest BCUT2D eigenvalue weighted by molar-refractivity contribution is -0.117. The topological polar surface area (TPSA) is 59.8 Å². The number of hydrogen-bond acceptors (Lipinski definition) is 3. The van der Waals surface area contributed by atoms with Crippen molar-refractivity contribution in [1.29, 1.82) is 0 Å². The average molecular weight is 277 g/mol. The zero-order chi connectivity index (χ0) is 13.4. The number of hydrogen-bond donors (Lipinski definition) is 1. The van der Waals surface area contributed by atoms with E-state index in [1.165, 1.54) is 0 Å². The van der Waals surface area contributed by atoms with Gasteiger partial charge in [0, 0.05) is 31.6 Å². The largest absolute Gasteiger partial charge is 0.308 e. The summed E-state index contributed by atoms with van der Waals surface area (Å²) in [5, 5.41) is 7.33. The Morgan fingerprint density at radius 3 is 2.84 bits per heavy atom. The molecule has 2 heterocycles. The van der Waals surface area contributed by atoms with Gasteiger partial charge in [0.15, 0.2) is 5.82 Å². The van der Waals surface area contributed by atoms with Crippen LogP contribution in [-0.2, 0) is 11.8 Å². The fourth-order valence-electron chi connectivity index (χ4n) is 2.22. The van der Waals surface area contributed by atoms with Gasteiger partial charge in [-0.25, -0.2) is 0 Å². The number of rotatable bonds is 3. The third-order valence-electron chi connectivity index (χ3n) is 3.29. The van der Waals surface area contributed by atoms with E-state index in [9.17, 15) is 4.79 Å². The molecule has 1 saturated carbocycles. The number of anilines is 1. The summed E-state index contributed by atoms with van der Waals surface area (Å²) in [5.41, 5.74) is 1.15. The molecule has 2 atom stereocenters. The van der Waals surface area contributed by atoms with Gasteiger partial charge >= 0.3 is 0 Å². The number of carbonyl (C=O) groups excluding carboxylic acids is 1. The molecule has 19 heavy (non-hydrogen) atoms. The van der Waals surface area contributed by atoms with Crippen molar-refractivity contribution in [2.45, 2.75) is 12.3 Å². The lowest BCUT2D eigenvalue weighted by Gasteiger charge is -2.02. The monoisotopic (exact) mass is 276 g/mol. The number of pyridine rings is 1. The second kappa shape index (κ2) is 4.66. The average Bonchev–Trinajstić information content (AvgIpc) is 3.13. The van der Waals surface area contributed by atoms with Crippen LogP contribution in [0.25, 0.3) is 0 Å². The third kappa shape index (κ3) is 2.46. The minimum atomic E-state index is -0.0255. The van der Waals surface area contributed by atoms with Crippen LogP contribution in [0.1, 0.15) is 17.9 Å². The highest BCUT2D eigenvalue weighted by Crippen LogP contribution is 2.47. The molecule has 1 aliphatic rings. The smallest absolute Gasteiger partial charge is 0.229 e. The maximum absolute atomic E-state index is 12.1. The molecule has 0 saturated heterocycles. The number of nitrogens with one attached hydrogen (secondary N) is 1. The second-order valence-electron chi connectivity index (χ2n) is 4.72. The lowest BCUT2D eigenvalue weighted by Crippen LogP contribution is -2.15. The predicted molar refractivity (Wildman–Crippen MR) is 71.9 cm³/mol. The van der Waals surface area contributed by atoms with E-state index in [0.29, 0.717) is 10.8 Å². The van der Waals surface area contributed by atoms with E-state index < -0.39 is 0 Å². The number of halogens is 1. The molecule has 0 spiro atoms. The Morgan fingerprint density at radius 2 is 2.21 bits per heavy atom. The van der Waals surface area contributed by atoms with E-state index in [2.05, 4.69) is 15.4 Å². The molecular formula is C13H13ClN4O. The van der Waals surface area contributed by atoms with Crippen LogP contribution < -0.4 is 5.32 Å². The summed E-state index contributed by atoms with van der Waals surface area (Å²) >= 11 is 5.96. The maximum Gasteiger partial charge on any atom is 0.229 e. The highest BCUT2D eigenvalue weighted by atomic mass is 35.5. The van der Waals surface area contributed by atoms with Crippen LogP contribution in [0.4, 0.5) is 5.82 Å². The van der Waals surface area contributed by atoms with Gasteiger partial charge in [-0.15, -0.1) is 0 Å². The van der Waals surface area contributed by atoms with Crippen LogP contribution in [0.2, 0.25) is 5.02 Å². The Labute approximate surface area is 115 Å². The molecule has 2 aromatic heterocycles. The van der Waals surface area contributed by atoms with Gasteiger partial charge in [-0.3, -0.25) is 14.5 Å². The van der Waals surface area contributed by atoms with Crippen molar-refractivity contribution in [2.75, 3.05) is 5.32 Å². The molecule has 1 N–H and O–H groups in total. The number of aromatic nitrogens is 3. The van der Waals surface area contributed by atoms with Crippen LogP contribution in [0.15, 0.2) is 30.7 Å². The van der Waals surface area contributed by atoms with Crippen molar-refractivity contribution in [2.24, 2.45) is 13.0 Å². The Morgan fingerprint density at radius 1 is 1.47 bits per heavy atom. The van der Waals surface area contributed by atoms with Crippen molar-refractivity contribution in [3.05, 3.63) is 41.3 Å². The number of nitrogens with zero attached hydrogens (tertiary/aromatic N) is 3. The number of aryl methyl sites for hydroxylation is 1. The molecule has 0 aromatic carbocycles. The molecule has 2 aromatic rings. The maximum atomic E-state index is 12.1. The van der Waals surface area contributed by atoms with Crippen LogP contribution in [0.3, 0.4) is 0 Å². The molecule has 3 rings (SSSR count). The van der Waals surface area contributed by atoms with Gasteiger partial charge < -0.3 is 5.32 Å². The summed E-state index contributed by atoms with van der Waals surface area (Å²) in [6.45, 7) is 0. The molecule has 5 nitrogen and oxygen atoms in total. The predicted octanol–water partition coefficient (Wildman–Crippen LogP) is 2.21. The Balaban J connectivity index is 1.66. The van der Waals surface area contributed by atoms with Crippen molar-refractivity contribution in [3.63, 3.8) is 0 Å². The van der Waals surface area contributed by atoms with Crippen molar-refractivity contribution in [1.82, 2.24) is 14.8 Å². The Kier molecular flexibility index (Phi) is 2.98. The SMILES string of the molecule is Cn1cc(Cl)c(NC(=O)[C@@H]2C[C@H]2c2ccncc2)n1. The summed E-state index contributed by atoms with van der Waals surface area (Å²) < 4.78 is 1.57. The summed E-state index contributed by atoms with van der Waals surface area (Å²) in [4.78, 5) is 16.1. The minimum absolute atomic E-state index is 0.000438. The minimum Gasteiger partial charge on any atom is -0.308 e. The first kappa shape index (κ1) is 12.2. The first-order chi connectivity index (χ1) is 9.15. The molecule has 0 aliphatic heterocycles. The normalized spacial score (nSPS) is 21.2. The molecule has 0 unspecified atom stereocenters. The standard InChI is InChI=1S/C13H13ClN4O/c1-18-7-11(14)12(17-18)16-13(19)10-6-9(10)8-2-4-15-5-3-8/h2-5,7,9-10H,6H2,1H3,(H,16,17,19)/t9-,10+/m0/s1. The van der Waals surface area contributed by atoms with Gasteiger partial charge in [0.05, 0.1) is 0 Å². The summed E-state index contributed by atoms with van der Waals surface area (Å²) in [7, 11) is 1.76. The number of carbonyl (C=O) groups is 1. The van der Waals surface area contributed by atoms with Crippen LogP contribution in [0, 0.1) is 5.92 Å². The molecule has 1 aliphatic carbocycles. The van der Waals surface area contributed by atoms with Gasteiger partial charge in [0.25, 0.3) is 0 Å². The van der Waals surface area contributed by atoms with Gasteiger partial charge in [0.2, 0.25) is 5.91 Å². The van der Waals surface area contributed by atoms with Gasteiger partial charge in [-0.1, -0.05) is 11.6 Å². The molecule has 6 heteroatoms. The van der Waals surface area contributed by atoms with Crippen molar-refractivity contribution in [3.8, 4) is 0 Å². The zero-order valence-corrected chi connectivity index (χ0v) is 11.1. The first-order valence-corrected chi connectivity index (χ1v) is 6.43. The molecule has 1 amide bonds. The highest BCUT2D eigenvalue weighted by molar-refractivity contribution is 6.33. The fraction of sp³-hybridized carbons (Fsp3) is 0.308. The van der Waals surface area contributed by atoms with E-state index >= 15 is 0 Å². The van der Waals surface area contributed by atoms with Gasteiger partial charge in [-0.05, 0) is 30.0 Å². The summed E-state index contributed by atoms with van der Waals surface area (Å²) in [6.07, 6.45) is 6.02. The molecule has 0 radical (unpaired) electrons. The fourth-order valence-corrected chi connectivity index (χ4v) is 2.44. The second-order valence-corrected chi connectivity index (χ2v) is 5.12. The van der Waals surface area contributed by atoms with Crippen molar-refractivity contribution >= 4 is 23.3 Å². The van der Waals surface area contributed by atoms with Gasteiger partial charge in [-0.2, -0.15) is 5.10 Å². The van der Waals surface area contributed by atoms with E-state index in [1.807, 2.05) is 12.1 Å². The van der Waals surface area contributed by atoms with E-state index in [-0.39, 0.29) is 17.7 Å². The lowest BCUT2D eigenvalue weighted by atomic mass is 10.1. The molecule has 0 bridgehead atoms. The highest BCUT2D eigenvalue weighted by Gasteiger charge is 2.44. The quantitative estimate of drug-likeness (QED) is 0.935. The summed E-state index contributed by atoms with van der Waals surface area (Å²) in [6, 6.07) is 3.90. The summed E-state index contributed by atoms with van der Waals surface area (Å²) in [5.74, 6) is 0.683. The van der Waals surface area contributed by atoms with Crippen molar-refractivity contribution < 1.29 is 4.79 Å². The van der Waals surface area contributed by atoms with Crippen LogP contribution >= 0.6 is 11.6 Å². The van der Waals surface area contributed by atoms with Crippen LogP contribution in [0.5, 0.6) is 0 Å². The first-order valence-electron chi connectivity index (χ1n) is 6.05. The Hall–Kier alpha value is -1.88. The van der Waals surface area contributed by atoms with Gasteiger partial charge in [0.1, 0.15) is 5.02 Å². The van der Waals surface area contributed by atoms with E-state index in [4.69, 9.17) is 11.6 Å². The zero-order valence-electron chi connectivity index (χ0n) is 10.4. The molecule has 98 valence electrons. The number of amides is 1.